The van der Waals surface area contributed by atoms with Crippen molar-refractivity contribution in [2.24, 2.45) is 17.8 Å². The first kappa shape index (κ1) is 18.0. The molecule has 2 saturated carbocycles. The van der Waals surface area contributed by atoms with E-state index in [1.165, 1.54) is 25.7 Å². The zero-order valence-corrected chi connectivity index (χ0v) is 15.7. The van der Waals surface area contributed by atoms with E-state index in [4.69, 9.17) is 0 Å². The summed E-state index contributed by atoms with van der Waals surface area (Å²) in [6.45, 7) is 1.84. The quantitative estimate of drug-likeness (QED) is 0.754. The number of fused-ring (bicyclic) bond motifs is 2. The van der Waals surface area contributed by atoms with Crippen molar-refractivity contribution >= 4 is 17.8 Å². The standard InChI is InChI=1S/C21H27N3O3/c1-13(17-10-15-7-8-16(17)9-15)22-19(25)12-24-20(26)18(23-21(24)27)11-14-5-3-2-4-6-14/h2-6,13,15-18H,7-12H2,1H3,(H,22,25)(H,23,27)/t13-,15-,16-,17+,18+/m0/s1. The highest BCUT2D eigenvalue weighted by Gasteiger charge is 2.43. The first-order valence-corrected chi connectivity index (χ1v) is 9.96. The van der Waals surface area contributed by atoms with Crippen LogP contribution in [0.15, 0.2) is 30.3 Å². The van der Waals surface area contributed by atoms with Gasteiger partial charge in [0.25, 0.3) is 5.91 Å². The van der Waals surface area contributed by atoms with E-state index in [9.17, 15) is 14.4 Å². The van der Waals surface area contributed by atoms with Crippen LogP contribution in [0.25, 0.3) is 0 Å². The third kappa shape index (κ3) is 3.70. The van der Waals surface area contributed by atoms with Crippen LogP contribution in [0.2, 0.25) is 0 Å². The lowest BCUT2D eigenvalue weighted by atomic mass is 9.84. The van der Waals surface area contributed by atoms with E-state index in [2.05, 4.69) is 10.6 Å². The van der Waals surface area contributed by atoms with Crippen molar-refractivity contribution in [2.45, 2.75) is 51.1 Å². The van der Waals surface area contributed by atoms with Gasteiger partial charge in [0.2, 0.25) is 5.91 Å². The molecule has 0 unspecified atom stereocenters. The number of nitrogens with zero attached hydrogens (tertiary/aromatic N) is 1. The van der Waals surface area contributed by atoms with Crippen molar-refractivity contribution in [3.8, 4) is 0 Å². The Hall–Kier alpha value is -2.37. The van der Waals surface area contributed by atoms with Crippen LogP contribution in [-0.2, 0) is 16.0 Å². The van der Waals surface area contributed by atoms with Crippen LogP contribution in [-0.4, -0.2) is 41.4 Å². The maximum atomic E-state index is 12.6. The highest BCUT2D eigenvalue weighted by Crippen LogP contribution is 2.49. The Morgan fingerprint density at radius 2 is 2.00 bits per heavy atom. The summed E-state index contributed by atoms with van der Waals surface area (Å²) in [7, 11) is 0. The summed E-state index contributed by atoms with van der Waals surface area (Å²) in [5.41, 5.74) is 0.979. The maximum absolute atomic E-state index is 12.6. The minimum Gasteiger partial charge on any atom is -0.352 e. The second-order valence-electron chi connectivity index (χ2n) is 8.31. The van der Waals surface area contributed by atoms with Gasteiger partial charge in [-0.25, -0.2) is 4.79 Å². The minimum atomic E-state index is -0.601. The lowest BCUT2D eigenvalue weighted by Crippen LogP contribution is -2.46. The molecule has 3 fully saturated rings. The molecule has 3 aliphatic rings. The van der Waals surface area contributed by atoms with Gasteiger partial charge in [-0.05, 0) is 49.5 Å². The third-order valence-electron chi connectivity index (χ3n) is 6.52. The number of benzene rings is 1. The van der Waals surface area contributed by atoms with E-state index in [0.29, 0.717) is 12.3 Å². The van der Waals surface area contributed by atoms with Gasteiger partial charge in [0.1, 0.15) is 12.6 Å². The molecule has 0 radical (unpaired) electrons. The van der Waals surface area contributed by atoms with Crippen LogP contribution >= 0.6 is 0 Å². The second-order valence-corrected chi connectivity index (χ2v) is 8.31. The van der Waals surface area contributed by atoms with Gasteiger partial charge >= 0.3 is 6.03 Å². The molecule has 1 saturated heterocycles. The van der Waals surface area contributed by atoms with E-state index in [0.717, 1.165) is 22.3 Å². The summed E-state index contributed by atoms with van der Waals surface area (Å²) in [4.78, 5) is 38.2. The monoisotopic (exact) mass is 369 g/mol. The maximum Gasteiger partial charge on any atom is 0.325 e. The SMILES string of the molecule is C[C@H](NC(=O)CN1C(=O)N[C@H](Cc2ccccc2)C1=O)[C@H]1C[C@H]2CC[C@H]1C2. The number of carbonyl (C=O) groups is 3. The number of imide groups is 1. The molecule has 5 atom stereocenters. The average Bonchev–Trinajstić information content (AvgIpc) is 3.34. The molecule has 6 heteroatoms. The van der Waals surface area contributed by atoms with Crippen LogP contribution in [0.1, 0.15) is 38.2 Å². The number of nitrogens with one attached hydrogen (secondary N) is 2. The summed E-state index contributed by atoms with van der Waals surface area (Å²) in [5, 5.41) is 5.72. The van der Waals surface area contributed by atoms with Gasteiger partial charge < -0.3 is 10.6 Å². The van der Waals surface area contributed by atoms with Crippen LogP contribution < -0.4 is 10.6 Å². The molecule has 1 aromatic carbocycles. The Labute approximate surface area is 159 Å². The Bertz CT molecular complexity index is 735. The third-order valence-corrected chi connectivity index (χ3v) is 6.52. The Kier molecular flexibility index (Phi) is 4.89. The molecule has 1 heterocycles. The van der Waals surface area contributed by atoms with Crippen molar-refractivity contribution < 1.29 is 14.4 Å². The van der Waals surface area contributed by atoms with Gasteiger partial charge in [-0.2, -0.15) is 0 Å². The fourth-order valence-electron chi connectivity index (χ4n) is 5.17. The van der Waals surface area contributed by atoms with Crippen LogP contribution in [0.3, 0.4) is 0 Å². The van der Waals surface area contributed by atoms with Gasteiger partial charge in [-0.1, -0.05) is 36.8 Å². The molecule has 4 amide bonds. The molecular weight excluding hydrogens is 342 g/mol. The summed E-state index contributed by atoms with van der Waals surface area (Å²) in [6.07, 6.45) is 5.51. The summed E-state index contributed by atoms with van der Waals surface area (Å²) < 4.78 is 0. The number of amides is 4. The molecule has 4 rings (SSSR count). The van der Waals surface area contributed by atoms with Crippen LogP contribution in [0.5, 0.6) is 0 Å². The summed E-state index contributed by atoms with van der Waals surface area (Å²) in [6, 6.07) is 8.56. The molecule has 2 bridgehead atoms. The summed E-state index contributed by atoms with van der Waals surface area (Å²) >= 11 is 0. The van der Waals surface area contributed by atoms with E-state index in [1.807, 2.05) is 37.3 Å². The van der Waals surface area contributed by atoms with Gasteiger partial charge in [0.15, 0.2) is 0 Å². The second kappa shape index (κ2) is 7.33. The van der Waals surface area contributed by atoms with Gasteiger partial charge in [-0.15, -0.1) is 0 Å². The van der Waals surface area contributed by atoms with Crippen molar-refractivity contribution in [3.63, 3.8) is 0 Å². The fourth-order valence-corrected chi connectivity index (χ4v) is 5.17. The Balaban J connectivity index is 1.31. The molecule has 6 nitrogen and oxygen atoms in total. The highest BCUT2D eigenvalue weighted by molar-refractivity contribution is 6.06. The fraction of sp³-hybridized carbons (Fsp3) is 0.571. The van der Waals surface area contributed by atoms with Crippen molar-refractivity contribution in [1.29, 1.82) is 0 Å². The van der Waals surface area contributed by atoms with Crippen LogP contribution in [0, 0.1) is 17.8 Å². The molecule has 27 heavy (non-hydrogen) atoms. The van der Waals surface area contributed by atoms with E-state index >= 15 is 0 Å². The Morgan fingerprint density at radius 1 is 1.22 bits per heavy atom. The lowest BCUT2D eigenvalue weighted by Gasteiger charge is -2.29. The number of urea groups is 1. The van der Waals surface area contributed by atoms with E-state index in [1.54, 1.807) is 0 Å². The highest BCUT2D eigenvalue weighted by atomic mass is 16.2. The predicted molar refractivity (Wildman–Crippen MR) is 101 cm³/mol. The topological polar surface area (TPSA) is 78.5 Å². The largest absolute Gasteiger partial charge is 0.352 e. The predicted octanol–water partition coefficient (Wildman–Crippen LogP) is 2.09. The Morgan fingerprint density at radius 3 is 2.67 bits per heavy atom. The smallest absolute Gasteiger partial charge is 0.325 e. The molecule has 144 valence electrons. The van der Waals surface area contributed by atoms with Crippen molar-refractivity contribution in [3.05, 3.63) is 35.9 Å². The average molecular weight is 369 g/mol. The first-order valence-electron chi connectivity index (χ1n) is 9.96. The minimum absolute atomic E-state index is 0.0914. The molecule has 2 N–H and O–H groups in total. The normalized spacial score (nSPS) is 30.5. The van der Waals surface area contributed by atoms with E-state index < -0.39 is 12.1 Å². The molecule has 2 aliphatic carbocycles. The zero-order chi connectivity index (χ0) is 19.0. The van der Waals surface area contributed by atoms with Gasteiger partial charge in [0.05, 0.1) is 0 Å². The van der Waals surface area contributed by atoms with Crippen molar-refractivity contribution in [1.82, 2.24) is 15.5 Å². The molecule has 1 aliphatic heterocycles. The first-order chi connectivity index (χ1) is 13.0. The molecule has 0 spiro atoms. The van der Waals surface area contributed by atoms with Crippen molar-refractivity contribution in [2.75, 3.05) is 6.54 Å². The molecule has 0 aromatic heterocycles. The van der Waals surface area contributed by atoms with Gasteiger partial charge in [-0.3, -0.25) is 14.5 Å². The van der Waals surface area contributed by atoms with Crippen LogP contribution in [0.4, 0.5) is 4.79 Å². The summed E-state index contributed by atoms with van der Waals surface area (Å²) in [5.74, 6) is 1.49. The zero-order valence-electron chi connectivity index (χ0n) is 15.7. The number of hydrogen-bond acceptors (Lipinski definition) is 3. The number of rotatable bonds is 6. The molecular formula is C21H27N3O3. The number of hydrogen-bond donors (Lipinski definition) is 2. The number of carbonyl (C=O) groups excluding carboxylic acids is 3. The lowest BCUT2D eigenvalue weighted by molar-refractivity contribution is -0.132. The van der Waals surface area contributed by atoms with Gasteiger partial charge in [0, 0.05) is 12.5 Å². The van der Waals surface area contributed by atoms with E-state index in [-0.39, 0.29) is 24.4 Å². The molecule has 1 aromatic rings.